The molecule has 0 aliphatic heterocycles. The molecule has 0 spiro atoms. The Morgan fingerprint density at radius 1 is 1.46 bits per heavy atom. The van der Waals surface area contributed by atoms with Crippen LogP contribution in [-0.2, 0) is 5.54 Å². The molecule has 2 rings (SSSR count). The number of rotatable bonds is 1. The molecule has 1 aromatic rings. The number of hydrogen-bond donors (Lipinski definition) is 1. The van der Waals surface area contributed by atoms with Crippen LogP contribution in [0.3, 0.4) is 0 Å². The molecule has 1 fully saturated rings. The van der Waals surface area contributed by atoms with E-state index in [1.54, 1.807) is 0 Å². The molecule has 0 amide bonds. The van der Waals surface area contributed by atoms with Crippen LogP contribution >= 0.6 is 11.6 Å². The summed E-state index contributed by atoms with van der Waals surface area (Å²) < 4.78 is 0. The Labute approximate surface area is 83.1 Å². The van der Waals surface area contributed by atoms with Crippen LogP contribution in [0.2, 0.25) is 5.15 Å². The van der Waals surface area contributed by atoms with Gasteiger partial charge in [0.2, 0.25) is 0 Å². The minimum Gasteiger partial charge on any atom is -0.321 e. The quantitative estimate of drug-likeness (QED) is 0.701. The Morgan fingerprint density at radius 3 is 2.62 bits per heavy atom. The van der Waals surface area contributed by atoms with Crippen LogP contribution in [0.25, 0.3) is 0 Å². The fourth-order valence-electron chi connectivity index (χ4n) is 1.72. The lowest BCUT2D eigenvalue weighted by molar-refractivity contribution is 0.253. The third-order valence-electron chi connectivity index (χ3n) is 2.77. The summed E-state index contributed by atoms with van der Waals surface area (Å²) in [6.07, 6.45) is 3.25. The SMILES string of the molecule is Cc1ccc(C2(N)CCC2)c(Cl)n1. The smallest absolute Gasteiger partial charge is 0.134 e. The van der Waals surface area contributed by atoms with E-state index in [-0.39, 0.29) is 5.54 Å². The third-order valence-corrected chi connectivity index (χ3v) is 3.06. The molecular formula is C10H13ClN2. The van der Waals surface area contributed by atoms with Crippen molar-refractivity contribution in [3.05, 3.63) is 28.5 Å². The molecule has 1 aliphatic carbocycles. The molecule has 0 atom stereocenters. The molecule has 0 radical (unpaired) electrons. The van der Waals surface area contributed by atoms with Gasteiger partial charge in [-0.05, 0) is 32.3 Å². The number of nitrogens with two attached hydrogens (primary N) is 1. The highest BCUT2D eigenvalue weighted by atomic mass is 35.5. The Balaban J connectivity index is 2.40. The second kappa shape index (κ2) is 2.96. The monoisotopic (exact) mass is 196 g/mol. The second-order valence-corrected chi connectivity index (χ2v) is 4.16. The summed E-state index contributed by atoms with van der Waals surface area (Å²) in [5.41, 5.74) is 7.90. The van der Waals surface area contributed by atoms with Gasteiger partial charge in [-0.15, -0.1) is 0 Å². The van der Waals surface area contributed by atoms with Crippen LogP contribution in [-0.4, -0.2) is 4.98 Å². The maximum Gasteiger partial charge on any atom is 0.134 e. The van der Waals surface area contributed by atoms with Gasteiger partial charge in [0.1, 0.15) is 5.15 Å². The maximum atomic E-state index is 6.15. The molecule has 0 saturated heterocycles. The van der Waals surface area contributed by atoms with Crippen LogP contribution in [0, 0.1) is 6.92 Å². The van der Waals surface area contributed by atoms with Gasteiger partial charge in [-0.2, -0.15) is 0 Å². The van der Waals surface area contributed by atoms with Gasteiger partial charge < -0.3 is 5.73 Å². The van der Waals surface area contributed by atoms with E-state index in [1.807, 2.05) is 19.1 Å². The normalized spacial score (nSPS) is 19.6. The van der Waals surface area contributed by atoms with Crippen LogP contribution < -0.4 is 5.73 Å². The first kappa shape index (κ1) is 8.97. The predicted molar refractivity (Wildman–Crippen MR) is 53.7 cm³/mol. The molecule has 1 aromatic heterocycles. The van der Waals surface area contributed by atoms with Crippen molar-refractivity contribution in [2.24, 2.45) is 5.73 Å². The highest BCUT2D eigenvalue weighted by molar-refractivity contribution is 6.30. The lowest BCUT2D eigenvalue weighted by Crippen LogP contribution is -2.43. The maximum absolute atomic E-state index is 6.15. The number of pyridine rings is 1. The molecule has 1 aliphatic rings. The third kappa shape index (κ3) is 1.45. The van der Waals surface area contributed by atoms with Gasteiger partial charge in [-0.1, -0.05) is 17.7 Å². The summed E-state index contributed by atoms with van der Waals surface area (Å²) in [5, 5.41) is 0.571. The van der Waals surface area contributed by atoms with Crippen molar-refractivity contribution < 1.29 is 0 Å². The average Bonchev–Trinajstić information content (AvgIpc) is 2.00. The van der Waals surface area contributed by atoms with Gasteiger partial charge in [0.15, 0.2) is 0 Å². The highest BCUT2D eigenvalue weighted by Gasteiger charge is 2.36. The van der Waals surface area contributed by atoms with E-state index < -0.39 is 0 Å². The average molecular weight is 197 g/mol. The standard InChI is InChI=1S/C10H13ClN2/c1-7-3-4-8(9(11)13-7)10(12)5-2-6-10/h3-4H,2,5-6,12H2,1H3. The van der Waals surface area contributed by atoms with Crippen LogP contribution in [0.15, 0.2) is 12.1 Å². The number of nitrogens with zero attached hydrogens (tertiary/aromatic N) is 1. The Morgan fingerprint density at radius 2 is 2.15 bits per heavy atom. The molecule has 1 saturated carbocycles. The molecule has 0 unspecified atom stereocenters. The summed E-state index contributed by atoms with van der Waals surface area (Å²) in [7, 11) is 0. The van der Waals surface area contributed by atoms with Crippen molar-refractivity contribution in [1.29, 1.82) is 0 Å². The van der Waals surface area contributed by atoms with E-state index in [2.05, 4.69) is 4.98 Å². The van der Waals surface area contributed by atoms with Crippen LogP contribution in [0.1, 0.15) is 30.5 Å². The van der Waals surface area contributed by atoms with Crippen LogP contribution in [0.5, 0.6) is 0 Å². The van der Waals surface area contributed by atoms with Gasteiger partial charge in [0.05, 0.1) is 0 Å². The summed E-state index contributed by atoms with van der Waals surface area (Å²) >= 11 is 6.04. The van der Waals surface area contributed by atoms with Gasteiger partial charge in [-0.3, -0.25) is 0 Å². The van der Waals surface area contributed by atoms with E-state index in [4.69, 9.17) is 17.3 Å². The van der Waals surface area contributed by atoms with Crippen LogP contribution in [0.4, 0.5) is 0 Å². The van der Waals surface area contributed by atoms with Crippen molar-refractivity contribution in [3.8, 4) is 0 Å². The number of hydrogen-bond acceptors (Lipinski definition) is 2. The zero-order valence-corrected chi connectivity index (χ0v) is 8.43. The topological polar surface area (TPSA) is 38.9 Å². The summed E-state index contributed by atoms with van der Waals surface area (Å²) in [4.78, 5) is 4.21. The first-order valence-corrected chi connectivity index (χ1v) is 4.92. The van der Waals surface area contributed by atoms with Crippen molar-refractivity contribution in [3.63, 3.8) is 0 Å². The summed E-state index contributed by atoms with van der Waals surface area (Å²) in [6, 6.07) is 3.97. The molecule has 13 heavy (non-hydrogen) atoms. The minimum absolute atomic E-state index is 0.197. The lowest BCUT2D eigenvalue weighted by atomic mass is 9.73. The minimum atomic E-state index is -0.197. The van der Waals surface area contributed by atoms with Crippen molar-refractivity contribution in [2.75, 3.05) is 0 Å². The molecule has 3 heteroatoms. The number of aromatic nitrogens is 1. The van der Waals surface area contributed by atoms with Crippen molar-refractivity contribution >= 4 is 11.6 Å². The first-order chi connectivity index (χ1) is 6.12. The number of halogens is 1. The van der Waals surface area contributed by atoms with Gasteiger partial charge in [-0.25, -0.2) is 4.98 Å². The molecule has 2 nitrogen and oxygen atoms in total. The van der Waals surface area contributed by atoms with Gasteiger partial charge in [0, 0.05) is 16.8 Å². The Hall–Kier alpha value is -0.600. The molecule has 70 valence electrons. The summed E-state index contributed by atoms with van der Waals surface area (Å²) in [5.74, 6) is 0. The van der Waals surface area contributed by atoms with Crippen molar-refractivity contribution in [1.82, 2.24) is 4.98 Å². The zero-order chi connectivity index (χ0) is 9.47. The summed E-state index contributed by atoms with van der Waals surface area (Å²) in [6.45, 7) is 1.93. The molecule has 2 N–H and O–H groups in total. The van der Waals surface area contributed by atoms with E-state index >= 15 is 0 Å². The van der Waals surface area contributed by atoms with E-state index in [0.29, 0.717) is 5.15 Å². The fraction of sp³-hybridized carbons (Fsp3) is 0.500. The molecular weight excluding hydrogens is 184 g/mol. The fourth-order valence-corrected chi connectivity index (χ4v) is 2.11. The van der Waals surface area contributed by atoms with E-state index in [0.717, 1.165) is 24.1 Å². The predicted octanol–water partition coefficient (Wildman–Crippen LogP) is 2.38. The first-order valence-electron chi connectivity index (χ1n) is 4.54. The molecule has 0 bridgehead atoms. The molecule has 1 heterocycles. The van der Waals surface area contributed by atoms with Gasteiger partial charge >= 0.3 is 0 Å². The largest absolute Gasteiger partial charge is 0.321 e. The van der Waals surface area contributed by atoms with Gasteiger partial charge in [0.25, 0.3) is 0 Å². The Bertz CT molecular complexity index is 332. The number of aryl methyl sites for hydroxylation is 1. The van der Waals surface area contributed by atoms with E-state index in [1.165, 1.54) is 6.42 Å². The van der Waals surface area contributed by atoms with Crippen molar-refractivity contribution in [2.45, 2.75) is 31.7 Å². The lowest BCUT2D eigenvalue weighted by Gasteiger charge is -2.38. The van der Waals surface area contributed by atoms with E-state index in [9.17, 15) is 0 Å². The molecule has 0 aromatic carbocycles. The second-order valence-electron chi connectivity index (χ2n) is 3.80. The highest BCUT2D eigenvalue weighted by Crippen LogP contribution is 2.40. The zero-order valence-electron chi connectivity index (χ0n) is 7.68. The Kier molecular flexibility index (Phi) is 2.05.